The first kappa shape index (κ1) is 16.4. The monoisotopic (exact) mass is 337 g/mol. The van der Waals surface area contributed by atoms with Gasteiger partial charge >= 0.3 is 0 Å². The molecule has 0 saturated carbocycles. The summed E-state index contributed by atoms with van der Waals surface area (Å²) in [4.78, 5) is 31.0. The number of amides is 2. The molecule has 2 N–H and O–H groups in total. The number of fused-ring (bicyclic) bond motifs is 2. The average molecular weight is 337 g/mol. The SMILES string of the molecule is C[C@@H](NC(=O)c1nc(C(=O)N2[C@H]3CC[C@@H]2CC3)cs1)C(C)(C)O. The molecule has 0 spiro atoms. The molecular formula is C16H23N3O3S. The van der Waals surface area contributed by atoms with Gasteiger partial charge in [0.15, 0.2) is 5.01 Å². The van der Waals surface area contributed by atoms with Gasteiger partial charge < -0.3 is 15.3 Å². The van der Waals surface area contributed by atoms with Crippen molar-refractivity contribution in [3.63, 3.8) is 0 Å². The molecule has 2 aliphatic heterocycles. The van der Waals surface area contributed by atoms with Crippen LogP contribution in [0.4, 0.5) is 0 Å². The molecule has 7 heteroatoms. The van der Waals surface area contributed by atoms with E-state index in [4.69, 9.17) is 0 Å². The first-order valence-electron chi connectivity index (χ1n) is 8.09. The summed E-state index contributed by atoms with van der Waals surface area (Å²) in [6.45, 7) is 5.01. The van der Waals surface area contributed by atoms with Crippen LogP contribution in [-0.2, 0) is 0 Å². The molecule has 2 fully saturated rings. The van der Waals surface area contributed by atoms with Gasteiger partial charge in [-0.25, -0.2) is 4.98 Å². The predicted octanol–water partition coefficient (Wildman–Crippen LogP) is 1.80. The molecule has 23 heavy (non-hydrogen) atoms. The maximum atomic E-state index is 12.6. The second-order valence-electron chi connectivity index (χ2n) is 7.06. The van der Waals surface area contributed by atoms with E-state index in [-0.39, 0.29) is 16.8 Å². The van der Waals surface area contributed by atoms with Crippen LogP contribution in [-0.4, -0.2) is 50.5 Å². The van der Waals surface area contributed by atoms with E-state index >= 15 is 0 Å². The van der Waals surface area contributed by atoms with Crippen molar-refractivity contribution in [2.45, 2.75) is 70.2 Å². The fourth-order valence-electron chi connectivity index (χ4n) is 3.29. The predicted molar refractivity (Wildman–Crippen MR) is 87.6 cm³/mol. The molecular weight excluding hydrogens is 314 g/mol. The van der Waals surface area contributed by atoms with E-state index in [2.05, 4.69) is 10.3 Å². The van der Waals surface area contributed by atoms with Crippen LogP contribution < -0.4 is 5.32 Å². The van der Waals surface area contributed by atoms with Crippen molar-refractivity contribution < 1.29 is 14.7 Å². The number of rotatable bonds is 4. The fraction of sp³-hybridized carbons (Fsp3) is 0.688. The van der Waals surface area contributed by atoms with Gasteiger partial charge in [0.25, 0.3) is 11.8 Å². The third kappa shape index (κ3) is 3.12. The minimum atomic E-state index is -1.01. The van der Waals surface area contributed by atoms with Gasteiger partial charge in [-0.15, -0.1) is 11.3 Å². The van der Waals surface area contributed by atoms with Gasteiger partial charge in [0, 0.05) is 17.5 Å². The van der Waals surface area contributed by atoms with Crippen molar-refractivity contribution in [3.05, 3.63) is 16.1 Å². The number of aromatic nitrogens is 1. The Bertz CT molecular complexity index is 602. The molecule has 0 aromatic carbocycles. The number of aliphatic hydroxyl groups is 1. The molecule has 2 bridgehead atoms. The number of carbonyl (C=O) groups is 2. The smallest absolute Gasteiger partial charge is 0.280 e. The van der Waals surface area contributed by atoms with E-state index in [1.165, 1.54) is 11.3 Å². The highest BCUT2D eigenvalue weighted by atomic mass is 32.1. The summed E-state index contributed by atoms with van der Waals surface area (Å²) < 4.78 is 0. The van der Waals surface area contributed by atoms with Gasteiger partial charge in [0.2, 0.25) is 0 Å². The summed E-state index contributed by atoms with van der Waals surface area (Å²) >= 11 is 1.17. The van der Waals surface area contributed by atoms with Crippen LogP contribution in [0.2, 0.25) is 0 Å². The fourth-order valence-corrected chi connectivity index (χ4v) is 3.98. The maximum Gasteiger partial charge on any atom is 0.280 e. The van der Waals surface area contributed by atoms with E-state index < -0.39 is 11.6 Å². The van der Waals surface area contributed by atoms with Gasteiger partial charge in [-0.05, 0) is 46.5 Å². The Labute approximate surface area is 139 Å². The molecule has 2 aliphatic rings. The van der Waals surface area contributed by atoms with E-state index in [1.54, 1.807) is 26.2 Å². The standard InChI is InChI=1S/C16H23N3O3S/c1-9(16(2,3)22)17-13(20)14-18-12(8-23-14)15(21)19-10-4-5-11(19)7-6-10/h8-11,22H,4-7H2,1-3H3,(H,17,20)/t9-,10-,11+/m1/s1. The lowest BCUT2D eigenvalue weighted by atomic mass is 10.0. The Morgan fingerprint density at radius 2 is 1.91 bits per heavy atom. The van der Waals surface area contributed by atoms with Crippen molar-refractivity contribution in [1.82, 2.24) is 15.2 Å². The molecule has 0 unspecified atom stereocenters. The molecule has 0 aliphatic carbocycles. The molecule has 1 atom stereocenters. The molecule has 1 aromatic rings. The lowest BCUT2D eigenvalue weighted by Crippen LogP contribution is -2.47. The number of nitrogens with one attached hydrogen (secondary N) is 1. The second kappa shape index (κ2) is 5.87. The molecule has 126 valence electrons. The van der Waals surface area contributed by atoms with Crippen molar-refractivity contribution in [2.24, 2.45) is 0 Å². The Balaban J connectivity index is 1.68. The number of nitrogens with zero attached hydrogens (tertiary/aromatic N) is 2. The van der Waals surface area contributed by atoms with E-state index in [1.807, 2.05) is 4.90 Å². The minimum Gasteiger partial charge on any atom is -0.388 e. The Kier molecular flexibility index (Phi) is 4.18. The highest BCUT2D eigenvalue weighted by Gasteiger charge is 2.43. The third-order valence-electron chi connectivity index (χ3n) is 5.01. The minimum absolute atomic E-state index is 0.0548. The topological polar surface area (TPSA) is 82.5 Å². The molecule has 2 amide bonds. The summed E-state index contributed by atoms with van der Waals surface area (Å²) in [7, 11) is 0. The van der Waals surface area contributed by atoms with E-state index in [0.29, 0.717) is 17.8 Å². The summed E-state index contributed by atoms with van der Waals surface area (Å²) in [6.07, 6.45) is 4.32. The summed E-state index contributed by atoms with van der Waals surface area (Å²) in [5.41, 5.74) is -0.657. The largest absolute Gasteiger partial charge is 0.388 e. The van der Waals surface area contributed by atoms with Crippen LogP contribution in [0.15, 0.2) is 5.38 Å². The Hall–Kier alpha value is -1.47. The van der Waals surface area contributed by atoms with Gasteiger partial charge in [-0.3, -0.25) is 9.59 Å². The maximum absolute atomic E-state index is 12.6. The molecule has 6 nitrogen and oxygen atoms in total. The molecule has 2 saturated heterocycles. The van der Waals surface area contributed by atoms with E-state index in [9.17, 15) is 14.7 Å². The highest BCUT2D eigenvalue weighted by molar-refractivity contribution is 7.11. The zero-order valence-electron chi connectivity index (χ0n) is 13.7. The summed E-state index contributed by atoms with van der Waals surface area (Å²) in [6, 6.07) is 0.288. The van der Waals surface area contributed by atoms with Gasteiger partial charge in [-0.1, -0.05) is 0 Å². The number of hydrogen-bond donors (Lipinski definition) is 2. The lowest BCUT2D eigenvalue weighted by molar-refractivity contribution is 0.0408. The van der Waals surface area contributed by atoms with Crippen LogP contribution in [0.25, 0.3) is 0 Å². The lowest BCUT2D eigenvalue weighted by Gasteiger charge is -2.26. The molecule has 3 heterocycles. The third-order valence-corrected chi connectivity index (χ3v) is 5.85. The summed E-state index contributed by atoms with van der Waals surface area (Å²) in [5, 5.41) is 14.5. The van der Waals surface area contributed by atoms with Crippen LogP contribution >= 0.6 is 11.3 Å². The second-order valence-corrected chi connectivity index (χ2v) is 7.92. The first-order valence-corrected chi connectivity index (χ1v) is 8.96. The molecule has 3 rings (SSSR count). The van der Waals surface area contributed by atoms with Crippen molar-refractivity contribution >= 4 is 23.2 Å². The molecule has 0 radical (unpaired) electrons. The van der Waals surface area contributed by atoms with Crippen LogP contribution in [0.3, 0.4) is 0 Å². The number of hydrogen-bond acceptors (Lipinski definition) is 5. The van der Waals surface area contributed by atoms with Crippen LogP contribution in [0.1, 0.15) is 66.7 Å². The van der Waals surface area contributed by atoms with Crippen LogP contribution in [0.5, 0.6) is 0 Å². The van der Waals surface area contributed by atoms with Gasteiger partial charge in [-0.2, -0.15) is 0 Å². The summed E-state index contributed by atoms with van der Waals surface area (Å²) in [5.74, 6) is -0.408. The highest BCUT2D eigenvalue weighted by Crippen LogP contribution is 2.38. The Morgan fingerprint density at radius 3 is 2.43 bits per heavy atom. The first-order chi connectivity index (χ1) is 10.8. The van der Waals surface area contributed by atoms with Gasteiger partial charge in [0.1, 0.15) is 5.69 Å². The van der Waals surface area contributed by atoms with Crippen molar-refractivity contribution in [1.29, 1.82) is 0 Å². The zero-order chi connectivity index (χ0) is 16.8. The molecule has 1 aromatic heterocycles. The van der Waals surface area contributed by atoms with Crippen LogP contribution in [0, 0.1) is 0 Å². The average Bonchev–Trinajstić information content (AvgIpc) is 3.21. The number of thiazole rings is 1. The van der Waals surface area contributed by atoms with E-state index in [0.717, 1.165) is 25.7 Å². The van der Waals surface area contributed by atoms with Crippen molar-refractivity contribution in [2.75, 3.05) is 0 Å². The van der Waals surface area contributed by atoms with Gasteiger partial charge in [0.05, 0.1) is 11.6 Å². The van der Waals surface area contributed by atoms with Crippen molar-refractivity contribution in [3.8, 4) is 0 Å². The number of carbonyl (C=O) groups excluding carboxylic acids is 2. The zero-order valence-corrected chi connectivity index (χ0v) is 14.5. The quantitative estimate of drug-likeness (QED) is 0.878. The Morgan fingerprint density at radius 1 is 1.35 bits per heavy atom. The normalized spacial score (nSPS) is 24.8.